The second-order valence-corrected chi connectivity index (χ2v) is 4.48. The van der Waals surface area contributed by atoms with Gasteiger partial charge >= 0.3 is 0 Å². The molecule has 3 atom stereocenters. The van der Waals surface area contributed by atoms with Gasteiger partial charge in [0.05, 0.1) is 11.6 Å². The van der Waals surface area contributed by atoms with Crippen molar-refractivity contribution in [2.24, 2.45) is 10.9 Å². The molecule has 3 unspecified atom stereocenters. The average Bonchev–Trinajstić information content (AvgIpc) is 2.35. The van der Waals surface area contributed by atoms with Crippen LogP contribution in [0.3, 0.4) is 0 Å². The standard InChI is InChI=1S/C11H19NO/c1-3-9-8(2)12-10-6-4-5-7-11(9,10)13/h9-10,13H,3-7H2,1-2H3. The van der Waals surface area contributed by atoms with Crippen molar-refractivity contribution < 1.29 is 5.11 Å². The summed E-state index contributed by atoms with van der Waals surface area (Å²) in [6, 6.07) is 0.214. The van der Waals surface area contributed by atoms with Crippen molar-refractivity contribution in [2.45, 2.75) is 57.6 Å². The third kappa shape index (κ3) is 1.23. The van der Waals surface area contributed by atoms with Gasteiger partial charge in [-0.15, -0.1) is 0 Å². The van der Waals surface area contributed by atoms with Crippen molar-refractivity contribution in [3.63, 3.8) is 0 Å². The Hall–Kier alpha value is -0.370. The molecule has 1 aliphatic carbocycles. The molecule has 2 rings (SSSR count). The van der Waals surface area contributed by atoms with E-state index in [2.05, 4.69) is 18.8 Å². The predicted octanol–water partition coefficient (Wildman–Crippen LogP) is 2.16. The van der Waals surface area contributed by atoms with Crippen LogP contribution in [-0.2, 0) is 0 Å². The highest BCUT2D eigenvalue weighted by atomic mass is 16.3. The topological polar surface area (TPSA) is 32.6 Å². The summed E-state index contributed by atoms with van der Waals surface area (Å²) in [4.78, 5) is 4.60. The highest BCUT2D eigenvalue weighted by Crippen LogP contribution is 2.43. The molecule has 0 amide bonds. The largest absolute Gasteiger partial charge is 0.387 e. The lowest BCUT2D eigenvalue weighted by Gasteiger charge is -2.37. The Morgan fingerprint density at radius 2 is 2.31 bits per heavy atom. The summed E-state index contributed by atoms with van der Waals surface area (Å²) >= 11 is 0. The molecule has 13 heavy (non-hydrogen) atoms. The summed E-state index contributed by atoms with van der Waals surface area (Å²) < 4.78 is 0. The Labute approximate surface area is 80.1 Å². The van der Waals surface area contributed by atoms with Crippen molar-refractivity contribution in [3.8, 4) is 0 Å². The summed E-state index contributed by atoms with van der Waals surface area (Å²) in [5.74, 6) is 0.331. The van der Waals surface area contributed by atoms with Crippen LogP contribution in [-0.4, -0.2) is 22.5 Å². The molecule has 2 aliphatic rings. The van der Waals surface area contributed by atoms with E-state index >= 15 is 0 Å². The second-order valence-electron chi connectivity index (χ2n) is 4.48. The third-order valence-electron chi connectivity index (χ3n) is 3.76. The summed E-state index contributed by atoms with van der Waals surface area (Å²) in [5.41, 5.74) is 0.703. The smallest absolute Gasteiger partial charge is 0.0949 e. The Kier molecular flexibility index (Phi) is 2.18. The first-order valence-electron chi connectivity index (χ1n) is 5.45. The third-order valence-corrected chi connectivity index (χ3v) is 3.76. The summed E-state index contributed by atoms with van der Waals surface area (Å²) in [5, 5.41) is 10.5. The maximum absolute atomic E-state index is 10.5. The molecule has 1 fully saturated rings. The van der Waals surface area contributed by atoms with Crippen molar-refractivity contribution in [2.75, 3.05) is 0 Å². The molecule has 2 heteroatoms. The highest BCUT2D eigenvalue weighted by molar-refractivity contribution is 5.88. The van der Waals surface area contributed by atoms with Crippen LogP contribution in [0.25, 0.3) is 0 Å². The molecule has 0 aromatic heterocycles. The van der Waals surface area contributed by atoms with Gasteiger partial charge in [0.25, 0.3) is 0 Å². The number of hydrogen-bond donors (Lipinski definition) is 1. The zero-order chi connectivity index (χ0) is 9.47. The summed E-state index contributed by atoms with van der Waals surface area (Å²) in [6.45, 7) is 4.23. The van der Waals surface area contributed by atoms with Gasteiger partial charge in [-0.1, -0.05) is 19.8 Å². The molecular weight excluding hydrogens is 162 g/mol. The molecule has 0 spiro atoms. The van der Waals surface area contributed by atoms with Gasteiger partial charge in [0.15, 0.2) is 0 Å². The summed E-state index contributed by atoms with van der Waals surface area (Å²) in [6.07, 6.45) is 5.48. The van der Waals surface area contributed by atoms with E-state index in [1.54, 1.807) is 0 Å². The minimum atomic E-state index is -0.475. The lowest BCUT2D eigenvalue weighted by atomic mass is 9.73. The number of hydrogen-bond acceptors (Lipinski definition) is 2. The van der Waals surface area contributed by atoms with Gasteiger partial charge < -0.3 is 5.11 Å². The SMILES string of the molecule is CCC1C(C)=NC2CCCCC21O. The quantitative estimate of drug-likeness (QED) is 0.660. The Morgan fingerprint density at radius 3 is 3.00 bits per heavy atom. The lowest BCUT2D eigenvalue weighted by molar-refractivity contribution is -0.0323. The van der Waals surface area contributed by atoms with Crippen LogP contribution in [0.4, 0.5) is 0 Å². The van der Waals surface area contributed by atoms with Gasteiger partial charge in [-0.2, -0.15) is 0 Å². The van der Waals surface area contributed by atoms with Crippen molar-refractivity contribution >= 4 is 5.71 Å². The molecule has 1 aliphatic heterocycles. The second kappa shape index (κ2) is 3.09. The molecule has 0 bridgehead atoms. The molecule has 1 heterocycles. The van der Waals surface area contributed by atoms with Crippen molar-refractivity contribution in [1.82, 2.24) is 0 Å². The first-order valence-corrected chi connectivity index (χ1v) is 5.45. The van der Waals surface area contributed by atoms with E-state index in [1.807, 2.05) is 0 Å². The van der Waals surface area contributed by atoms with Gasteiger partial charge in [0, 0.05) is 11.6 Å². The Bertz CT molecular complexity index is 236. The fraction of sp³-hybridized carbons (Fsp3) is 0.909. The molecule has 0 aromatic rings. The van der Waals surface area contributed by atoms with Crippen LogP contribution in [0.1, 0.15) is 46.0 Å². The van der Waals surface area contributed by atoms with E-state index in [9.17, 15) is 5.11 Å². The van der Waals surface area contributed by atoms with Gasteiger partial charge in [-0.25, -0.2) is 0 Å². The predicted molar refractivity (Wildman–Crippen MR) is 54.1 cm³/mol. The molecule has 1 N–H and O–H groups in total. The minimum Gasteiger partial charge on any atom is -0.387 e. The van der Waals surface area contributed by atoms with Crippen LogP contribution in [0.15, 0.2) is 4.99 Å². The van der Waals surface area contributed by atoms with Crippen LogP contribution >= 0.6 is 0 Å². The molecule has 0 saturated heterocycles. The van der Waals surface area contributed by atoms with Gasteiger partial charge in [0.2, 0.25) is 0 Å². The van der Waals surface area contributed by atoms with Gasteiger partial charge in [-0.3, -0.25) is 4.99 Å². The zero-order valence-electron chi connectivity index (χ0n) is 8.58. The first-order chi connectivity index (χ1) is 6.18. The van der Waals surface area contributed by atoms with Gasteiger partial charge in [0.1, 0.15) is 0 Å². The first kappa shape index (κ1) is 9.20. The number of rotatable bonds is 1. The average molecular weight is 181 g/mol. The highest BCUT2D eigenvalue weighted by Gasteiger charge is 2.49. The maximum Gasteiger partial charge on any atom is 0.0949 e. The van der Waals surface area contributed by atoms with Crippen molar-refractivity contribution in [1.29, 1.82) is 0 Å². The molecule has 2 nitrogen and oxygen atoms in total. The fourth-order valence-electron chi connectivity index (χ4n) is 3.09. The summed E-state index contributed by atoms with van der Waals surface area (Å²) in [7, 11) is 0. The van der Waals surface area contributed by atoms with Crippen molar-refractivity contribution in [3.05, 3.63) is 0 Å². The number of aliphatic hydroxyl groups is 1. The fourth-order valence-corrected chi connectivity index (χ4v) is 3.09. The Balaban J connectivity index is 2.26. The molecule has 0 radical (unpaired) electrons. The lowest BCUT2D eigenvalue weighted by Crippen LogP contribution is -2.47. The molecule has 74 valence electrons. The van der Waals surface area contributed by atoms with Crippen LogP contribution < -0.4 is 0 Å². The van der Waals surface area contributed by atoms with E-state index in [0.29, 0.717) is 5.92 Å². The van der Waals surface area contributed by atoms with E-state index in [4.69, 9.17) is 0 Å². The van der Waals surface area contributed by atoms with E-state index in [-0.39, 0.29) is 6.04 Å². The van der Waals surface area contributed by atoms with Crippen LogP contribution in [0, 0.1) is 5.92 Å². The van der Waals surface area contributed by atoms with Crippen LogP contribution in [0.5, 0.6) is 0 Å². The van der Waals surface area contributed by atoms with E-state index < -0.39 is 5.60 Å². The van der Waals surface area contributed by atoms with E-state index in [1.165, 1.54) is 18.6 Å². The Morgan fingerprint density at radius 1 is 1.54 bits per heavy atom. The minimum absolute atomic E-state index is 0.214. The van der Waals surface area contributed by atoms with Crippen LogP contribution in [0.2, 0.25) is 0 Å². The molecule has 1 saturated carbocycles. The maximum atomic E-state index is 10.5. The number of aliphatic imine (C=N–C) groups is 1. The monoisotopic (exact) mass is 181 g/mol. The zero-order valence-corrected chi connectivity index (χ0v) is 8.58. The number of fused-ring (bicyclic) bond motifs is 1. The van der Waals surface area contributed by atoms with E-state index in [0.717, 1.165) is 19.3 Å². The molecule has 0 aromatic carbocycles. The van der Waals surface area contributed by atoms with Gasteiger partial charge in [-0.05, 0) is 26.2 Å². The normalized spacial score (nSPS) is 44.4. The number of nitrogens with zero attached hydrogens (tertiary/aromatic N) is 1. The molecular formula is C11H19NO.